The summed E-state index contributed by atoms with van der Waals surface area (Å²) in [6, 6.07) is 1.88. The molecule has 0 spiro atoms. The molecule has 0 atom stereocenters. The van der Waals surface area contributed by atoms with Crippen LogP contribution in [-0.4, -0.2) is 24.5 Å². The molecule has 2 N–H and O–H groups in total. The zero-order valence-electron chi connectivity index (χ0n) is 11.8. The molecule has 2 rings (SSSR count). The van der Waals surface area contributed by atoms with Gasteiger partial charge in [-0.05, 0) is 30.9 Å². The number of hydrogen-bond acceptors (Lipinski definition) is 3. The molecule has 4 nitrogen and oxygen atoms in total. The van der Waals surface area contributed by atoms with Crippen LogP contribution in [0.2, 0.25) is 0 Å². The number of carbonyl (C=O) groups excluding carboxylic acids is 1. The van der Waals surface area contributed by atoms with Crippen LogP contribution in [0.3, 0.4) is 0 Å². The van der Waals surface area contributed by atoms with E-state index in [-0.39, 0.29) is 11.4 Å². The fourth-order valence-electron chi connectivity index (χ4n) is 2.76. The van der Waals surface area contributed by atoms with Crippen LogP contribution < -0.4 is 10.6 Å². The van der Waals surface area contributed by atoms with Gasteiger partial charge in [0, 0.05) is 13.6 Å². The minimum absolute atomic E-state index is 0.00391. The summed E-state index contributed by atoms with van der Waals surface area (Å²) >= 11 is 0. The third-order valence-electron chi connectivity index (χ3n) is 3.80. The highest BCUT2D eigenvalue weighted by Gasteiger charge is 2.34. The highest BCUT2D eigenvalue weighted by atomic mass is 19.4. The topological polar surface area (TPSA) is 59.2 Å². The average molecular weight is 301 g/mol. The first-order valence-corrected chi connectivity index (χ1v) is 6.88. The van der Waals surface area contributed by atoms with Crippen LogP contribution in [-0.2, 0) is 6.18 Å². The minimum Gasteiger partial charge on any atom is -0.365 e. The Labute approximate surface area is 121 Å². The second-order valence-corrected chi connectivity index (χ2v) is 5.46. The first-order valence-electron chi connectivity index (χ1n) is 6.88. The molecule has 0 saturated heterocycles. The van der Waals surface area contributed by atoms with Gasteiger partial charge in [-0.1, -0.05) is 12.8 Å². The first kappa shape index (κ1) is 15.6. The molecule has 1 aliphatic carbocycles. The molecule has 1 saturated carbocycles. The van der Waals surface area contributed by atoms with Crippen LogP contribution in [0.4, 0.5) is 19.0 Å². The van der Waals surface area contributed by atoms with Crippen molar-refractivity contribution in [3.8, 4) is 0 Å². The number of aromatic nitrogens is 1. The molecule has 21 heavy (non-hydrogen) atoms. The van der Waals surface area contributed by atoms with Crippen molar-refractivity contribution >= 4 is 11.7 Å². The molecule has 0 unspecified atom stereocenters. The van der Waals surface area contributed by atoms with Gasteiger partial charge in [-0.15, -0.1) is 0 Å². The van der Waals surface area contributed by atoms with Crippen molar-refractivity contribution in [3.05, 3.63) is 23.4 Å². The quantitative estimate of drug-likeness (QED) is 0.930. The fraction of sp³-hybridized carbons (Fsp3) is 0.571. The van der Waals surface area contributed by atoms with Crippen molar-refractivity contribution in [2.75, 3.05) is 18.5 Å². The maximum absolute atomic E-state index is 12.8. The normalized spacial score (nSPS) is 16.2. The number of anilines is 1. The number of pyridine rings is 1. The van der Waals surface area contributed by atoms with Crippen LogP contribution in [0, 0.1) is 5.92 Å². The second kappa shape index (κ2) is 5.91. The lowest BCUT2D eigenvalue weighted by Crippen LogP contribution is -2.29. The predicted molar refractivity (Wildman–Crippen MR) is 73.0 cm³/mol. The minimum atomic E-state index is -4.54. The van der Waals surface area contributed by atoms with E-state index >= 15 is 0 Å². The maximum Gasteiger partial charge on any atom is 0.433 e. The summed E-state index contributed by atoms with van der Waals surface area (Å²) in [4.78, 5) is 16.6. The smallest absolute Gasteiger partial charge is 0.365 e. The number of nitrogens with zero attached hydrogens (tertiary/aromatic N) is 2. The molecule has 0 aliphatic heterocycles. The molecule has 1 amide bonds. The van der Waals surface area contributed by atoms with E-state index in [1.807, 2.05) is 0 Å². The lowest BCUT2D eigenvalue weighted by molar-refractivity contribution is -0.141. The Hall–Kier alpha value is -1.79. The summed E-state index contributed by atoms with van der Waals surface area (Å²) in [6.07, 6.45) is -0.169. The standard InChI is InChI=1S/C14H18F3N3O/c1-20(8-9-4-2-3-5-9)13-10(12(18)21)6-7-11(19-13)14(15,16)17/h6-7,9H,2-5,8H2,1H3,(H2,18,21). The van der Waals surface area contributed by atoms with E-state index in [0.717, 1.165) is 37.8 Å². The molecule has 0 aromatic carbocycles. The predicted octanol–water partition coefficient (Wildman–Crippen LogP) is 2.83. The third kappa shape index (κ3) is 3.65. The summed E-state index contributed by atoms with van der Waals surface area (Å²) in [5.74, 6) is -0.346. The van der Waals surface area contributed by atoms with Crippen molar-refractivity contribution in [1.82, 2.24) is 4.98 Å². The molecule has 0 radical (unpaired) electrons. The zero-order valence-corrected chi connectivity index (χ0v) is 11.8. The second-order valence-electron chi connectivity index (χ2n) is 5.46. The number of halogens is 3. The first-order chi connectivity index (χ1) is 9.79. The number of hydrogen-bond donors (Lipinski definition) is 1. The van der Waals surface area contributed by atoms with Gasteiger partial charge in [0.2, 0.25) is 0 Å². The Morgan fingerprint density at radius 2 is 2.00 bits per heavy atom. The largest absolute Gasteiger partial charge is 0.433 e. The van der Waals surface area contributed by atoms with E-state index in [1.54, 1.807) is 11.9 Å². The zero-order chi connectivity index (χ0) is 15.6. The van der Waals surface area contributed by atoms with Crippen molar-refractivity contribution in [1.29, 1.82) is 0 Å². The summed E-state index contributed by atoms with van der Waals surface area (Å²) in [5, 5.41) is 0. The number of primary amides is 1. The van der Waals surface area contributed by atoms with Crippen LogP contribution in [0.25, 0.3) is 0 Å². The lowest BCUT2D eigenvalue weighted by atomic mass is 10.1. The summed E-state index contributed by atoms with van der Waals surface area (Å²) in [6.45, 7) is 0.578. The van der Waals surface area contributed by atoms with E-state index in [2.05, 4.69) is 4.98 Å². The molecule has 1 aromatic heterocycles. The molecule has 1 heterocycles. The van der Waals surface area contributed by atoms with E-state index < -0.39 is 17.8 Å². The molecular weight excluding hydrogens is 283 g/mol. The number of alkyl halides is 3. The average Bonchev–Trinajstić information content (AvgIpc) is 2.89. The van der Waals surface area contributed by atoms with E-state index in [1.165, 1.54) is 0 Å². The van der Waals surface area contributed by atoms with Crippen LogP contribution >= 0.6 is 0 Å². The van der Waals surface area contributed by atoms with Gasteiger partial charge in [-0.2, -0.15) is 13.2 Å². The van der Waals surface area contributed by atoms with Crippen molar-refractivity contribution in [2.45, 2.75) is 31.9 Å². The highest BCUT2D eigenvalue weighted by Crippen LogP contribution is 2.31. The van der Waals surface area contributed by atoms with E-state index in [4.69, 9.17) is 5.73 Å². The molecule has 7 heteroatoms. The third-order valence-corrected chi connectivity index (χ3v) is 3.80. The molecule has 116 valence electrons. The Kier molecular flexibility index (Phi) is 4.39. The van der Waals surface area contributed by atoms with Gasteiger partial charge in [-0.3, -0.25) is 4.79 Å². The maximum atomic E-state index is 12.8. The molecule has 0 bridgehead atoms. The Bertz CT molecular complexity index is 525. The van der Waals surface area contributed by atoms with Gasteiger partial charge in [-0.25, -0.2) is 4.98 Å². The van der Waals surface area contributed by atoms with Crippen molar-refractivity contribution in [2.24, 2.45) is 11.7 Å². The number of carbonyl (C=O) groups is 1. The molecule has 1 aliphatic rings. The van der Waals surface area contributed by atoms with Gasteiger partial charge in [0.05, 0.1) is 5.56 Å². The van der Waals surface area contributed by atoms with E-state index in [9.17, 15) is 18.0 Å². The van der Waals surface area contributed by atoms with Crippen molar-refractivity contribution in [3.63, 3.8) is 0 Å². The van der Waals surface area contributed by atoms with E-state index in [0.29, 0.717) is 12.5 Å². The highest BCUT2D eigenvalue weighted by molar-refractivity contribution is 5.97. The lowest BCUT2D eigenvalue weighted by Gasteiger charge is -2.24. The fourth-order valence-corrected chi connectivity index (χ4v) is 2.76. The van der Waals surface area contributed by atoms with Gasteiger partial charge >= 0.3 is 6.18 Å². The summed E-state index contributed by atoms with van der Waals surface area (Å²) in [7, 11) is 1.65. The van der Waals surface area contributed by atoms with Gasteiger partial charge in [0.25, 0.3) is 5.91 Å². The van der Waals surface area contributed by atoms with Gasteiger partial charge in [0.15, 0.2) is 0 Å². The Morgan fingerprint density at radius 1 is 1.38 bits per heavy atom. The summed E-state index contributed by atoms with van der Waals surface area (Å²) in [5.41, 5.74) is 4.24. The Morgan fingerprint density at radius 3 is 2.52 bits per heavy atom. The molecular formula is C14H18F3N3O. The monoisotopic (exact) mass is 301 g/mol. The van der Waals surface area contributed by atoms with Gasteiger partial charge < -0.3 is 10.6 Å². The number of amides is 1. The molecule has 1 aromatic rings. The SMILES string of the molecule is CN(CC1CCCC1)c1nc(C(F)(F)F)ccc1C(N)=O. The Balaban J connectivity index is 2.31. The molecule has 1 fully saturated rings. The van der Waals surface area contributed by atoms with Crippen molar-refractivity contribution < 1.29 is 18.0 Å². The van der Waals surface area contributed by atoms with Crippen LogP contribution in [0.5, 0.6) is 0 Å². The number of nitrogens with two attached hydrogens (primary N) is 1. The number of rotatable bonds is 4. The van der Waals surface area contributed by atoms with Gasteiger partial charge in [0.1, 0.15) is 11.5 Å². The van der Waals surface area contributed by atoms with Crippen LogP contribution in [0.15, 0.2) is 12.1 Å². The summed E-state index contributed by atoms with van der Waals surface area (Å²) < 4.78 is 38.3. The van der Waals surface area contributed by atoms with Crippen LogP contribution in [0.1, 0.15) is 41.7 Å².